The van der Waals surface area contributed by atoms with Crippen molar-refractivity contribution < 1.29 is 4.40 Å². The number of aryl methyl sites for hydroxylation is 1. The summed E-state index contributed by atoms with van der Waals surface area (Å²) < 4.78 is 2.40. The van der Waals surface area contributed by atoms with E-state index in [1.54, 1.807) is 0 Å². The first kappa shape index (κ1) is 15.8. The third-order valence-electron chi connectivity index (χ3n) is 5.23. The molecule has 0 atom stereocenters. The number of hydrogen-bond donors (Lipinski definition) is 0. The molecule has 0 saturated carbocycles. The van der Waals surface area contributed by atoms with E-state index in [1.807, 2.05) is 0 Å². The van der Waals surface area contributed by atoms with Crippen LogP contribution in [0.25, 0.3) is 38.7 Å². The van der Waals surface area contributed by atoms with Crippen LogP contribution in [0.1, 0.15) is 5.69 Å². The van der Waals surface area contributed by atoms with Crippen LogP contribution in [0.5, 0.6) is 0 Å². The van der Waals surface area contributed by atoms with Crippen molar-refractivity contribution in [3.8, 4) is 22.4 Å². The van der Waals surface area contributed by atoms with Gasteiger partial charge in [0.05, 0.1) is 10.9 Å². The van der Waals surface area contributed by atoms with Crippen molar-refractivity contribution >= 4 is 16.3 Å². The van der Waals surface area contributed by atoms with Gasteiger partial charge in [-0.25, -0.2) is 0 Å². The highest BCUT2D eigenvalue weighted by Gasteiger charge is 2.25. The quantitative estimate of drug-likeness (QED) is 0.264. The number of fused-ring (bicyclic) bond motifs is 3. The molecule has 0 radical (unpaired) electrons. The van der Waals surface area contributed by atoms with E-state index in [-0.39, 0.29) is 0 Å². The molecule has 0 fully saturated rings. The predicted molar refractivity (Wildman–Crippen MR) is 113 cm³/mol. The van der Waals surface area contributed by atoms with Crippen LogP contribution in [-0.2, 0) is 0 Å². The molecule has 0 aliphatic heterocycles. The average molecular weight is 346 g/mol. The molecule has 128 valence electrons. The van der Waals surface area contributed by atoms with Gasteiger partial charge in [0, 0.05) is 30.0 Å². The molecule has 3 aromatic carbocycles. The molecule has 5 aromatic rings. The van der Waals surface area contributed by atoms with Gasteiger partial charge in [-0.05, 0) is 29.8 Å². The maximum atomic E-state index is 2.40. The van der Waals surface area contributed by atoms with Crippen molar-refractivity contribution in [3.05, 3.63) is 109 Å². The Balaban J connectivity index is 2.09. The Morgan fingerprint density at radius 3 is 1.81 bits per heavy atom. The fourth-order valence-electron chi connectivity index (χ4n) is 4.05. The Labute approximate surface area is 159 Å². The van der Waals surface area contributed by atoms with E-state index in [4.69, 9.17) is 0 Å². The van der Waals surface area contributed by atoms with Gasteiger partial charge in [0.1, 0.15) is 0 Å². The smallest absolute Gasteiger partial charge is 0.156 e. The van der Waals surface area contributed by atoms with Crippen molar-refractivity contribution in [1.29, 1.82) is 0 Å². The average Bonchev–Trinajstić information content (AvgIpc) is 2.74. The Morgan fingerprint density at radius 1 is 0.519 bits per heavy atom. The molecule has 0 spiro atoms. The van der Waals surface area contributed by atoms with Gasteiger partial charge in [-0.2, -0.15) is 4.40 Å². The minimum absolute atomic E-state index is 1.23. The lowest BCUT2D eigenvalue weighted by Gasteiger charge is -2.13. The molecule has 27 heavy (non-hydrogen) atoms. The van der Waals surface area contributed by atoms with Gasteiger partial charge in [-0.15, -0.1) is 0 Å². The largest absolute Gasteiger partial charge is 0.227 e. The van der Waals surface area contributed by atoms with Gasteiger partial charge in [-0.3, -0.25) is 0 Å². The SMILES string of the molecule is Cc1cccc2c3ccccc3c(-c3ccccc3)c(-c3ccccc3)[n+]12. The molecule has 1 heteroatoms. The number of pyridine rings is 2. The normalized spacial score (nSPS) is 11.1. The zero-order valence-corrected chi connectivity index (χ0v) is 15.3. The summed E-state index contributed by atoms with van der Waals surface area (Å²) in [5.74, 6) is 0. The van der Waals surface area contributed by atoms with Crippen LogP contribution in [0.2, 0.25) is 0 Å². The molecule has 0 saturated heterocycles. The highest BCUT2D eigenvalue weighted by Crippen LogP contribution is 2.37. The molecular formula is C26H20N+. The van der Waals surface area contributed by atoms with Crippen LogP contribution in [0, 0.1) is 6.92 Å². The third-order valence-corrected chi connectivity index (χ3v) is 5.23. The number of hydrogen-bond acceptors (Lipinski definition) is 0. The van der Waals surface area contributed by atoms with Gasteiger partial charge in [-0.1, -0.05) is 66.7 Å². The van der Waals surface area contributed by atoms with Crippen LogP contribution in [0.15, 0.2) is 103 Å². The van der Waals surface area contributed by atoms with E-state index in [1.165, 1.54) is 44.4 Å². The van der Waals surface area contributed by atoms with E-state index >= 15 is 0 Å². The highest BCUT2D eigenvalue weighted by atomic mass is 14.9. The van der Waals surface area contributed by atoms with Crippen molar-refractivity contribution in [2.45, 2.75) is 6.92 Å². The van der Waals surface area contributed by atoms with Crippen LogP contribution in [0.3, 0.4) is 0 Å². The molecule has 0 unspecified atom stereocenters. The second-order valence-electron chi connectivity index (χ2n) is 6.89. The fourth-order valence-corrected chi connectivity index (χ4v) is 4.05. The van der Waals surface area contributed by atoms with Crippen LogP contribution in [0.4, 0.5) is 0 Å². The summed E-state index contributed by atoms with van der Waals surface area (Å²) in [6.45, 7) is 2.18. The monoisotopic (exact) mass is 346 g/mol. The van der Waals surface area contributed by atoms with E-state index in [9.17, 15) is 0 Å². The molecule has 0 N–H and O–H groups in total. The van der Waals surface area contributed by atoms with Gasteiger partial charge < -0.3 is 0 Å². The number of rotatable bonds is 2. The Kier molecular flexibility index (Phi) is 3.72. The van der Waals surface area contributed by atoms with E-state index in [0.29, 0.717) is 0 Å². The number of aromatic nitrogens is 1. The first-order valence-corrected chi connectivity index (χ1v) is 9.31. The summed E-state index contributed by atoms with van der Waals surface area (Å²) in [5, 5.41) is 2.56. The Bertz CT molecular complexity index is 1260. The molecule has 2 heterocycles. The lowest BCUT2D eigenvalue weighted by molar-refractivity contribution is -0.505. The first-order chi connectivity index (χ1) is 13.3. The van der Waals surface area contributed by atoms with Gasteiger partial charge >= 0.3 is 0 Å². The van der Waals surface area contributed by atoms with Crippen LogP contribution in [-0.4, -0.2) is 0 Å². The fraction of sp³-hybridized carbons (Fsp3) is 0.0385. The van der Waals surface area contributed by atoms with Crippen LogP contribution >= 0.6 is 0 Å². The minimum atomic E-state index is 1.23. The number of nitrogens with zero attached hydrogens (tertiary/aromatic N) is 1. The summed E-state index contributed by atoms with van der Waals surface area (Å²) in [4.78, 5) is 0. The van der Waals surface area contributed by atoms with Gasteiger partial charge in [0.2, 0.25) is 11.2 Å². The standard InChI is InChI=1S/C26H20N/c1-19-11-10-18-24-22-16-8-9-17-23(22)25(20-12-4-2-5-13-20)26(27(19)24)21-14-6-3-7-15-21/h2-18H,1H3/q+1. The van der Waals surface area contributed by atoms with E-state index in [2.05, 4.69) is 114 Å². The molecule has 5 rings (SSSR count). The summed E-state index contributed by atoms with van der Waals surface area (Å²) in [5.41, 5.74) is 7.47. The van der Waals surface area contributed by atoms with Gasteiger partial charge in [0.15, 0.2) is 5.69 Å². The summed E-state index contributed by atoms with van der Waals surface area (Å²) in [7, 11) is 0. The topological polar surface area (TPSA) is 4.10 Å². The number of benzene rings is 3. The van der Waals surface area contributed by atoms with Crippen LogP contribution < -0.4 is 4.40 Å². The zero-order chi connectivity index (χ0) is 18.2. The van der Waals surface area contributed by atoms with Crippen molar-refractivity contribution in [2.75, 3.05) is 0 Å². The second kappa shape index (κ2) is 6.37. The lowest BCUT2D eigenvalue weighted by atomic mass is 9.92. The molecule has 0 amide bonds. The minimum Gasteiger partial charge on any atom is -0.156 e. The molecule has 2 aromatic heterocycles. The summed E-state index contributed by atoms with van der Waals surface area (Å²) in [6, 6.07) is 36.7. The highest BCUT2D eigenvalue weighted by molar-refractivity contribution is 6.06. The van der Waals surface area contributed by atoms with E-state index < -0.39 is 0 Å². The third kappa shape index (κ3) is 2.51. The summed E-state index contributed by atoms with van der Waals surface area (Å²) in [6.07, 6.45) is 0. The lowest BCUT2D eigenvalue weighted by Crippen LogP contribution is -2.30. The maximum Gasteiger partial charge on any atom is 0.227 e. The Morgan fingerprint density at radius 2 is 1.11 bits per heavy atom. The van der Waals surface area contributed by atoms with E-state index in [0.717, 1.165) is 0 Å². The molecule has 0 aliphatic carbocycles. The molecule has 0 aliphatic rings. The molecule has 0 bridgehead atoms. The first-order valence-electron chi connectivity index (χ1n) is 9.31. The second-order valence-corrected chi connectivity index (χ2v) is 6.89. The Hall–Kier alpha value is -3.45. The predicted octanol–water partition coefficient (Wildman–Crippen LogP) is 6.22. The zero-order valence-electron chi connectivity index (χ0n) is 15.3. The van der Waals surface area contributed by atoms with Gasteiger partial charge in [0.25, 0.3) is 0 Å². The van der Waals surface area contributed by atoms with Crippen molar-refractivity contribution in [3.63, 3.8) is 0 Å². The molecule has 1 nitrogen and oxygen atoms in total. The maximum absolute atomic E-state index is 2.40. The molecular weight excluding hydrogens is 326 g/mol. The van der Waals surface area contributed by atoms with Crippen molar-refractivity contribution in [2.24, 2.45) is 0 Å². The van der Waals surface area contributed by atoms with Crippen molar-refractivity contribution in [1.82, 2.24) is 0 Å². The summed E-state index contributed by atoms with van der Waals surface area (Å²) >= 11 is 0.